The highest BCUT2D eigenvalue weighted by Gasteiger charge is 2.10. The van der Waals surface area contributed by atoms with Crippen LogP contribution in [0, 0.1) is 13.8 Å². The van der Waals surface area contributed by atoms with Gasteiger partial charge in [0.1, 0.15) is 5.75 Å². The van der Waals surface area contributed by atoms with E-state index in [0.717, 1.165) is 33.9 Å². The average Bonchev–Trinajstić information content (AvgIpc) is 2.37. The maximum atomic E-state index is 6.17. The molecule has 0 saturated carbocycles. The molecule has 0 aliphatic rings. The van der Waals surface area contributed by atoms with Crippen LogP contribution in [-0.2, 0) is 6.42 Å². The molecular weight excluding hydrogens is 272 g/mol. The van der Waals surface area contributed by atoms with Crippen LogP contribution in [0.5, 0.6) is 11.6 Å². The summed E-state index contributed by atoms with van der Waals surface area (Å²) in [6.45, 7) is 5.89. The quantitative estimate of drug-likeness (QED) is 0.924. The fourth-order valence-electron chi connectivity index (χ4n) is 2.09. The summed E-state index contributed by atoms with van der Waals surface area (Å²) < 4.78 is 5.90. The van der Waals surface area contributed by atoms with E-state index in [1.807, 2.05) is 45.0 Å². The van der Waals surface area contributed by atoms with Crippen LogP contribution in [0.15, 0.2) is 30.5 Å². The Kier molecular flexibility index (Phi) is 4.63. The van der Waals surface area contributed by atoms with Gasteiger partial charge in [-0.3, -0.25) is 0 Å². The van der Waals surface area contributed by atoms with Gasteiger partial charge >= 0.3 is 0 Å². The first-order valence-corrected chi connectivity index (χ1v) is 6.99. The SMILES string of the molecule is Cc1cc(Oc2ncccc2CC(C)N)cc(C)c1Cl. The number of aromatic nitrogens is 1. The summed E-state index contributed by atoms with van der Waals surface area (Å²) in [5.41, 5.74) is 8.85. The minimum absolute atomic E-state index is 0.0650. The van der Waals surface area contributed by atoms with Crippen molar-refractivity contribution in [2.45, 2.75) is 33.2 Å². The van der Waals surface area contributed by atoms with Crippen LogP contribution in [0.2, 0.25) is 5.02 Å². The van der Waals surface area contributed by atoms with E-state index in [-0.39, 0.29) is 6.04 Å². The molecule has 0 aliphatic carbocycles. The van der Waals surface area contributed by atoms with Crippen molar-refractivity contribution in [3.8, 4) is 11.6 Å². The standard InChI is InChI=1S/C16H19ClN2O/c1-10-7-14(8-11(2)15(10)17)20-16-13(9-12(3)18)5-4-6-19-16/h4-8,12H,9,18H2,1-3H3. The Labute approximate surface area is 124 Å². The van der Waals surface area contributed by atoms with Crippen LogP contribution < -0.4 is 10.5 Å². The van der Waals surface area contributed by atoms with Gasteiger partial charge in [-0.15, -0.1) is 0 Å². The van der Waals surface area contributed by atoms with Gasteiger partial charge in [0.25, 0.3) is 0 Å². The van der Waals surface area contributed by atoms with Gasteiger partial charge in [0.2, 0.25) is 5.88 Å². The molecule has 2 aromatic rings. The Morgan fingerprint density at radius 3 is 2.55 bits per heavy atom. The van der Waals surface area contributed by atoms with Gasteiger partial charge in [0, 0.05) is 22.8 Å². The van der Waals surface area contributed by atoms with Crippen molar-refractivity contribution in [3.63, 3.8) is 0 Å². The van der Waals surface area contributed by atoms with Crippen LogP contribution >= 0.6 is 11.6 Å². The summed E-state index contributed by atoms with van der Waals surface area (Å²) in [6.07, 6.45) is 2.45. The van der Waals surface area contributed by atoms with Crippen LogP contribution in [0.4, 0.5) is 0 Å². The molecule has 2 rings (SSSR count). The lowest BCUT2D eigenvalue weighted by molar-refractivity contribution is 0.453. The lowest BCUT2D eigenvalue weighted by Gasteiger charge is -2.13. The third kappa shape index (κ3) is 3.50. The van der Waals surface area contributed by atoms with Crippen molar-refractivity contribution in [1.29, 1.82) is 0 Å². The van der Waals surface area contributed by atoms with E-state index < -0.39 is 0 Å². The van der Waals surface area contributed by atoms with Gasteiger partial charge in [0.05, 0.1) is 0 Å². The van der Waals surface area contributed by atoms with E-state index in [1.54, 1.807) is 6.20 Å². The molecule has 1 unspecified atom stereocenters. The van der Waals surface area contributed by atoms with Crippen LogP contribution in [-0.4, -0.2) is 11.0 Å². The molecule has 1 heterocycles. The van der Waals surface area contributed by atoms with Crippen LogP contribution in [0.25, 0.3) is 0 Å². The third-order valence-electron chi connectivity index (χ3n) is 3.02. The predicted octanol–water partition coefficient (Wildman–Crippen LogP) is 4.03. The van der Waals surface area contributed by atoms with Crippen LogP contribution in [0.1, 0.15) is 23.6 Å². The summed E-state index contributed by atoms with van der Waals surface area (Å²) >= 11 is 6.17. The van der Waals surface area contributed by atoms with Crippen molar-refractivity contribution in [3.05, 3.63) is 52.2 Å². The van der Waals surface area contributed by atoms with E-state index >= 15 is 0 Å². The second kappa shape index (κ2) is 6.25. The Balaban J connectivity index is 2.30. The molecule has 0 radical (unpaired) electrons. The van der Waals surface area contributed by atoms with E-state index in [2.05, 4.69) is 4.98 Å². The summed E-state index contributed by atoms with van der Waals surface area (Å²) in [4.78, 5) is 4.30. The minimum atomic E-state index is 0.0650. The topological polar surface area (TPSA) is 48.1 Å². The zero-order chi connectivity index (χ0) is 14.7. The van der Waals surface area contributed by atoms with Gasteiger partial charge in [-0.2, -0.15) is 0 Å². The molecule has 1 atom stereocenters. The van der Waals surface area contributed by atoms with Crippen molar-refractivity contribution < 1.29 is 4.74 Å². The summed E-state index contributed by atoms with van der Waals surface area (Å²) in [5.74, 6) is 1.35. The first-order chi connectivity index (χ1) is 9.47. The highest BCUT2D eigenvalue weighted by molar-refractivity contribution is 6.32. The highest BCUT2D eigenvalue weighted by Crippen LogP contribution is 2.29. The molecule has 0 bridgehead atoms. The maximum absolute atomic E-state index is 6.17. The normalized spacial score (nSPS) is 12.2. The number of benzene rings is 1. The van der Waals surface area contributed by atoms with Gasteiger partial charge < -0.3 is 10.5 Å². The van der Waals surface area contributed by atoms with E-state index in [0.29, 0.717) is 5.88 Å². The van der Waals surface area contributed by atoms with E-state index in [4.69, 9.17) is 22.1 Å². The molecule has 3 nitrogen and oxygen atoms in total. The van der Waals surface area contributed by atoms with Gasteiger partial charge in [0.15, 0.2) is 0 Å². The van der Waals surface area contributed by atoms with E-state index in [9.17, 15) is 0 Å². The molecule has 1 aromatic carbocycles. The second-order valence-electron chi connectivity index (χ2n) is 5.12. The van der Waals surface area contributed by atoms with Crippen LogP contribution in [0.3, 0.4) is 0 Å². The first kappa shape index (κ1) is 14.8. The lowest BCUT2D eigenvalue weighted by Crippen LogP contribution is -2.18. The molecule has 20 heavy (non-hydrogen) atoms. The number of ether oxygens (including phenoxy) is 1. The van der Waals surface area contributed by atoms with Gasteiger partial charge in [-0.1, -0.05) is 17.7 Å². The number of rotatable bonds is 4. The van der Waals surface area contributed by atoms with Crippen molar-refractivity contribution in [2.75, 3.05) is 0 Å². The summed E-state index contributed by atoms with van der Waals surface area (Å²) in [6, 6.07) is 7.78. The molecular formula is C16H19ClN2O. The number of aryl methyl sites for hydroxylation is 2. The zero-order valence-electron chi connectivity index (χ0n) is 12.0. The Bertz CT molecular complexity index is 588. The highest BCUT2D eigenvalue weighted by atomic mass is 35.5. The second-order valence-corrected chi connectivity index (χ2v) is 5.50. The maximum Gasteiger partial charge on any atom is 0.222 e. The summed E-state index contributed by atoms with van der Waals surface area (Å²) in [5, 5.41) is 0.772. The molecule has 0 spiro atoms. The number of nitrogens with two attached hydrogens (primary N) is 1. The molecule has 0 saturated heterocycles. The zero-order valence-corrected chi connectivity index (χ0v) is 12.7. The molecule has 4 heteroatoms. The Morgan fingerprint density at radius 1 is 1.30 bits per heavy atom. The number of hydrogen-bond donors (Lipinski definition) is 1. The molecule has 2 N–H and O–H groups in total. The van der Waals surface area contributed by atoms with Gasteiger partial charge in [-0.05, 0) is 56.5 Å². The molecule has 0 fully saturated rings. The smallest absolute Gasteiger partial charge is 0.222 e. The Hall–Kier alpha value is -1.58. The minimum Gasteiger partial charge on any atom is -0.439 e. The fourth-order valence-corrected chi connectivity index (χ4v) is 2.20. The fraction of sp³-hybridized carbons (Fsp3) is 0.312. The van der Waals surface area contributed by atoms with Crippen molar-refractivity contribution >= 4 is 11.6 Å². The molecule has 0 aliphatic heterocycles. The van der Waals surface area contributed by atoms with E-state index in [1.165, 1.54) is 0 Å². The average molecular weight is 291 g/mol. The lowest BCUT2D eigenvalue weighted by atomic mass is 10.1. The number of halogens is 1. The molecule has 0 amide bonds. The third-order valence-corrected chi connectivity index (χ3v) is 3.61. The first-order valence-electron chi connectivity index (χ1n) is 6.61. The number of nitrogens with zero attached hydrogens (tertiary/aromatic N) is 1. The monoisotopic (exact) mass is 290 g/mol. The number of hydrogen-bond acceptors (Lipinski definition) is 3. The van der Waals surface area contributed by atoms with Crippen molar-refractivity contribution in [1.82, 2.24) is 4.98 Å². The largest absolute Gasteiger partial charge is 0.439 e. The van der Waals surface area contributed by atoms with Gasteiger partial charge in [-0.25, -0.2) is 4.98 Å². The number of pyridine rings is 1. The molecule has 106 valence electrons. The Morgan fingerprint density at radius 2 is 1.95 bits per heavy atom. The predicted molar refractivity (Wildman–Crippen MR) is 82.6 cm³/mol. The van der Waals surface area contributed by atoms with Crippen molar-refractivity contribution in [2.24, 2.45) is 5.73 Å². The molecule has 1 aromatic heterocycles. The summed E-state index contributed by atoms with van der Waals surface area (Å²) in [7, 11) is 0.